The summed E-state index contributed by atoms with van der Waals surface area (Å²) in [5, 5.41) is 24.3. The lowest BCUT2D eigenvalue weighted by Gasteiger charge is -2.17. The summed E-state index contributed by atoms with van der Waals surface area (Å²) in [4.78, 5) is 17.0. The number of carbonyl (C=O) groups is 1. The first-order valence-corrected chi connectivity index (χ1v) is 8.57. The number of urea groups is 1. The highest BCUT2D eigenvalue weighted by Gasteiger charge is 2.20. The number of nitrogens with zero attached hydrogens (tertiary/aromatic N) is 6. The lowest BCUT2D eigenvalue weighted by molar-refractivity contribution is -0.0193. The standard InChI is InChI=1S/C17H17ClFN7O2/c1-9(21-17(27)25(2)28)15-13(19)7-10(8-20-15)11-5-4-6-12(18)14(11)16-22-24-26(3)23-16/h4-9,28H,1-3H3,(H,21,27). The smallest absolute Gasteiger partial charge is 0.328 e. The van der Waals surface area contributed by atoms with Gasteiger partial charge in [-0.1, -0.05) is 23.7 Å². The third-order valence-corrected chi connectivity index (χ3v) is 4.29. The van der Waals surface area contributed by atoms with Gasteiger partial charge in [0.15, 0.2) is 0 Å². The maximum atomic E-state index is 14.7. The van der Waals surface area contributed by atoms with Crippen molar-refractivity contribution in [3.05, 3.63) is 47.0 Å². The van der Waals surface area contributed by atoms with E-state index in [2.05, 4.69) is 25.7 Å². The highest BCUT2D eigenvalue weighted by Crippen LogP contribution is 2.36. The van der Waals surface area contributed by atoms with Crippen LogP contribution in [-0.4, -0.2) is 48.5 Å². The van der Waals surface area contributed by atoms with Crippen molar-refractivity contribution in [2.45, 2.75) is 13.0 Å². The van der Waals surface area contributed by atoms with Gasteiger partial charge >= 0.3 is 6.03 Å². The van der Waals surface area contributed by atoms with E-state index in [1.165, 1.54) is 17.1 Å². The maximum Gasteiger partial charge on any atom is 0.341 e. The van der Waals surface area contributed by atoms with E-state index in [4.69, 9.17) is 16.8 Å². The van der Waals surface area contributed by atoms with Crippen LogP contribution in [0.5, 0.6) is 0 Å². The monoisotopic (exact) mass is 405 g/mol. The molecule has 2 N–H and O–H groups in total. The van der Waals surface area contributed by atoms with Crippen molar-refractivity contribution < 1.29 is 14.4 Å². The Labute approximate surface area is 164 Å². The summed E-state index contributed by atoms with van der Waals surface area (Å²) in [5.41, 5.74) is 1.59. The zero-order valence-electron chi connectivity index (χ0n) is 15.3. The Morgan fingerprint density at radius 2 is 2.18 bits per heavy atom. The van der Waals surface area contributed by atoms with E-state index >= 15 is 0 Å². The molecule has 0 aliphatic carbocycles. The minimum Gasteiger partial charge on any atom is -0.328 e. The van der Waals surface area contributed by atoms with E-state index in [9.17, 15) is 9.18 Å². The minimum atomic E-state index is -0.774. The quantitative estimate of drug-likeness (QED) is 0.510. The Morgan fingerprint density at radius 1 is 1.43 bits per heavy atom. The summed E-state index contributed by atoms with van der Waals surface area (Å²) in [5.74, 6) is -0.317. The second-order valence-corrected chi connectivity index (χ2v) is 6.46. The predicted octanol–water partition coefficient (Wildman–Crippen LogP) is 2.82. The van der Waals surface area contributed by atoms with Gasteiger partial charge in [-0.15, -0.1) is 10.2 Å². The van der Waals surface area contributed by atoms with Crippen molar-refractivity contribution in [3.8, 4) is 22.5 Å². The Hall–Kier alpha value is -3.11. The third-order valence-electron chi connectivity index (χ3n) is 3.97. The lowest BCUT2D eigenvalue weighted by atomic mass is 9.99. The van der Waals surface area contributed by atoms with Crippen LogP contribution < -0.4 is 5.32 Å². The predicted molar refractivity (Wildman–Crippen MR) is 98.9 cm³/mol. The Balaban J connectivity index is 1.99. The number of aryl methyl sites for hydroxylation is 1. The average molecular weight is 406 g/mol. The van der Waals surface area contributed by atoms with Crippen molar-refractivity contribution in [1.82, 2.24) is 35.6 Å². The van der Waals surface area contributed by atoms with Crippen LogP contribution in [0.1, 0.15) is 18.7 Å². The van der Waals surface area contributed by atoms with Gasteiger partial charge in [0, 0.05) is 24.4 Å². The van der Waals surface area contributed by atoms with Crippen LogP contribution in [0.3, 0.4) is 0 Å². The van der Waals surface area contributed by atoms with Gasteiger partial charge in [0.1, 0.15) is 5.82 Å². The molecule has 3 rings (SSSR count). The Morgan fingerprint density at radius 3 is 2.79 bits per heavy atom. The van der Waals surface area contributed by atoms with Crippen molar-refractivity contribution in [3.63, 3.8) is 0 Å². The first-order chi connectivity index (χ1) is 13.3. The topological polar surface area (TPSA) is 109 Å². The van der Waals surface area contributed by atoms with E-state index in [1.54, 1.807) is 32.2 Å². The van der Waals surface area contributed by atoms with Gasteiger partial charge in [-0.05, 0) is 29.8 Å². The molecular formula is C17H17ClFN7O2. The zero-order chi connectivity index (χ0) is 20.4. The number of carbonyl (C=O) groups excluding carboxylic acids is 1. The zero-order valence-corrected chi connectivity index (χ0v) is 16.0. The molecule has 0 radical (unpaired) electrons. The van der Waals surface area contributed by atoms with Gasteiger partial charge in [-0.3, -0.25) is 10.2 Å². The molecule has 0 saturated heterocycles. The third kappa shape index (κ3) is 3.92. The van der Waals surface area contributed by atoms with Crippen molar-refractivity contribution >= 4 is 17.6 Å². The molecule has 2 amide bonds. The number of tetrazole rings is 1. The Kier molecular flexibility index (Phi) is 5.52. The molecule has 0 fully saturated rings. The van der Waals surface area contributed by atoms with Gasteiger partial charge in [-0.2, -0.15) is 4.80 Å². The summed E-state index contributed by atoms with van der Waals surface area (Å²) in [6.45, 7) is 1.56. The average Bonchev–Trinajstić information content (AvgIpc) is 3.07. The van der Waals surface area contributed by atoms with Crippen LogP contribution in [0, 0.1) is 5.82 Å². The van der Waals surface area contributed by atoms with Crippen LogP contribution in [0.25, 0.3) is 22.5 Å². The summed E-state index contributed by atoms with van der Waals surface area (Å²) in [6.07, 6.45) is 1.47. The number of pyridine rings is 1. The normalized spacial score (nSPS) is 11.9. The largest absolute Gasteiger partial charge is 0.341 e. The number of hydrogen-bond donors (Lipinski definition) is 2. The number of hydrogen-bond acceptors (Lipinski definition) is 6. The molecular weight excluding hydrogens is 389 g/mol. The lowest BCUT2D eigenvalue weighted by Crippen LogP contribution is -2.37. The van der Waals surface area contributed by atoms with Gasteiger partial charge < -0.3 is 5.32 Å². The molecule has 3 aromatic rings. The highest BCUT2D eigenvalue weighted by atomic mass is 35.5. The van der Waals surface area contributed by atoms with Gasteiger partial charge in [0.25, 0.3) is 0 Å². The van der Waals surface area contributed by atoms with Crippen molar-refractivity contribution in [1.29, 1.82) is 0 Å². The van der Waals surface area contributed by atoms with E-state index in [0.29, 0.717) is 32.6 Å². The molecule has 1 atom stereocenters. The molecule has 0 saturated carbocycles. The summed E-state index contributed by atoms with van der Waals surface area (Å²) in [6, 6.07) is 4.92. The molecule has 2 aromatic heterocycles. The van der Waals surface area contributed by atoms with Crippen LogP contribution in [0.2, 0.25) is 5.02 Å². The summed E-state index contributed by atoms with van der Waals surface area (Å²) < 4.78 is 14.7. The fourth-order valence-electron chi connectivity index (χ4n) is 2.64. The van der Waals surface area contributed by atoms with Crippen LogP contribution in [0.15, 0.2) is 30.5 Å². The molecule has 1 aromatic carbocycles. The van der Waals surface area contributed by atoms with Crippen LogP contribution >= 0.6 is 11.6 Å². The van der Waals surface area contributed by atoms with Gasteiger partial charge in [0.05, 0.1) is 23.8 Å². The number of hydroxylamine groups is 2. The van der Waals surface area contributed by atoms with E-state index in [0.717, 1.165) is 7.05 Å². The maximum absolute atomic E-state index is 14.7. The number of rotatable bonds is 4. The molecule has 0 aliphatic heterocycles. The molecule has 0 aliphatic rings. The highest BCUT2D eigenvalue weighted by molar-refractivity contribution is 6.33. The molecule has 2 heterocycles. The summed E-state index contributed by atoms with van der Waals surface area (Å²) >= 11 is 6.32. The molecule has 0 bridgehead atoms. The molecule has 1 unspecified atom stereocenters. The van der Waals surface area contributed by atoms with E-state index in [-0.39, 0.29) is 5.69 Å². The molecule has 9 nitrogen and oxygen atoms in total. The van der Waals surface area contributed by atoms with Crippen LogP contribution in [0.4, 0.5) is 9.18 Å². The first-order valence-electron chi connectivity index (χ1n) is 8.19. The second kappa shape index (κ2) is 7.87. The fourth-order valence-corrected chi connectivity index (χ4v) is 2.90. The van der Waals surface area contributed by atoms with Crippen molar-refractivity contribution in [2.24, 2.45) is 7.05 Å². The molecule has 0 spiro atoms. The number of halogens is 2. The van der Waals surface area contributed by atoms with Gasteiger partial charge in [0.2, 0.25) is 5.82 Å². The first kappa shape index (κ1) is 19.6. The number of amides is 2. The summed E-state index contributed by atoms with van der Waals surface area (Å²) in [7, 11) is 2.79. The van der Waals surface area contributed by atoms with Crippen molar-refractivity contribution in [2.75, 3.05) is 7.05 Å². The molecule has 11 heteroatoms. The van der Waals surface area contributed by atoms with Gasteiger partial charge in [-0.25, -0.2) is 14.2 Å². The number of nitrogens with one attached hydrogen (secondary N) is 1. The van der Waals surface area contributed by atoms with E-state index in [1.807, 2.05) is 0 Å². The van der Waals surface area contributed by atoms with Crippen LogP contribution in [-0.2, 0) is 7.05 Å². The number of benzene rings is 1. The fraction of sp³-hybridized carbons (Fsp3) is 0.235. The molecule has 28 heavy (non-hydrogen) atoms. The number of aromatic nitrogens is 5. The minimum absolute atomic E-state index is 0.0279. The second-order valence-electron chi connectivity index (χ2n) is 6.05. The Bertz CT molecular complexity index is 1020. The SMILES string of the molecule is CC(NC(=O)N(C)O)c1ncc(-c2cccc(Cl)c2-c2nnn(C)n2)cc1F. The molecule has 146 valence electrons. The van der Waals surface area contributed by atoms with E-state index < -0.39 is 17.9 Å².